The second-order valence-electron chi connectivity index (χ2n) is 1.91. The van der Waals surface area contributed by atoms with Gasteiger partial charge in [0.2, 0.25) is 5.88 Å². The van der Waals surface area contributed by atoms with Crippen molar-refractivity contribution in [3.63, 3.8) is 0 Å². The smallest absolute Gasteiger partial charge is 0.237 e. The molecule has 0 saturated carbocycles. The van der Waals surface area contributed by atoms with Gasteiger partial charge in [-0.2, -0.15) is 0 Å². The Labute approximate surface area is 69.3 Å². The summed E-state index contributed by atoms with van der Waals surface area (Å²) in [5.74, 6) is 0.428. The summed E-state index contributed by atoms with van der Waals surface area (Å²) in [6.07, 6.45) is 0. The molecule has 0 bridgehead atoms. The molecule has 1 heterocycles. The normalized spacial score (nSPS) is 9.73. The Morgan fingerprint density at radius 2 is 2.36 bits per heavy atom. The minimum absolute atomic E-state index is 0.325. The zero-order valence-corrected chi connectivity index (χ0v) is 6.80. The average molecular weight is 174 g/mol. The van der Waals surface area contributed by atoms with Crippen molar-refractivity contribution in [3.05, 3.63) is 16.8 Å². The van der Waals surface area contributed by atoms with Gasteiger partial charge < -0.3 is 10.5 Å². The molecule has 5 heteroatoms. The summed E-state index contributed by atoms with van der Waals surface area (Å²) >= 11 is 5.57. The van der Waals surface area contributed by atoms with Gasteiger partial charge in [0.25, 0.3) is 0 Å². The predicted octanol–water partition coefficient (Wildman–Crippen LogP) is 0.597. The van der Waals surface area contributed by atoms with E-state index in [0.29, 0.717) is 17.6 Å². The maximum atomic E-state index is 5.57. The van der Waals surface area contributed by atoms with Gasteiger partial charge in [0.05, 0.1) is 7.11 Å². The second kappa shape index (κ2) is 3.50. The molecule has 2 N–H and O–H groups in total. The lowest BCUT2D eigenvalue weighted by Gasteiger charge is -2.02. The Kier molecular flexibility index (Phi) is 2.62. The zero-order valence-electron chi connectivity index (χ0n) is 6.04. The molecule has 4 nitrogen and oxygen atoms in total. The number of methoxy groups -OCH3 is 1. The van der Waals surface area contributed by atoms with Gasteiger partial charge in [-0.3, -0.25) is 0 Å². The Hall–Kier alpha value is -0.870. The van der Waals surface area contributed by atoms with Gasteiger partial charge in [0.1, 0.15) is 0 Å². The number of rotatable bonds is 2. The van der Waals surface area contributed by atoms with E-state index < -0.39 is 0 Å². The highest BCUT2D eigenvalue weighted by Crippen LogP contribution is 2.15. The first-order valence-corrected chi connectivity index (χ1v) is 3.42. The summed E-state index contributed by atoms with van der Waals surface area (Å²) in [5.41, 5.74) is 6.15. The largest absolute Gasteiger partial charge is 0.480 e. The van der Waals surface area contributed by atoms with E-state index in [4.69, 9.17) is 22.1 Å². The molecule has 0 atom stereocenters. The van der Waals surface area contributed by atoms with Crippen LogP contribution in [0.1, 0.15) is 5.56 Å². The maximum absolute atomic E-state index is 5.57. The highest BCUT2D eigenvalue weighted by atomic mass is 35.5. The molecule has 0 aliphatic carbocycles. The quantitative estimate of drug-likeness (QED) is 0.712. The van der Waals surface area contributed by atoms with Crippen LogP contribution in [0.5, 0.6) is 5.88 Å². The fourth-order valence-corrected chi connectivity index (χ4v) is 0.879. The van der Waals surface area contributed by atoms with Crippen LogP contribution in [0, 0.1) is 0 Å². The van der Waals surface area contributed by atoms with Gasteiger partial charge in [-0.15, -0.1) is 10.2 Å². The molecule has 0 fully saturated rings. The minimum atomic E-state index is 0.325. The number of hydrogen-bond donors (Lipinski definition) is 1. The molecule has 0 unspecified atom stereocenters. The fraction of sp³-hybridized carbons (Fsp3) is 0.333. The van der Waals surface area contributed by atoms with Crippen molar-refractivity contribution in [3.8, 4) is 5.88 Å². The van der Waals surface area contributed by atoms with Crippen LogP contribution in [0.4, 0.5) is 0 Å². The van der Waals surface area contributed by atoms with E-state index in [9.17, 15) is 0 Å². The molecule has 60 valence electrons. The van der Waals surface area contributed by atoms with Crippen molar-refractivity contribution in [1.29, 1.82) is 0 Å². The Balaban J connectivity index is 3.06. The van der Waals surface area contributed by atoms with Gasteiger partial charge in [0, 0.05) is 12.1 Å². The fourth-order valence-electron chi connectivity index (χ4n) is 0.710. The van der Waals surface area contributed by atoms with Crippen molar-refractivity contribution in [2.75, 3.05) is 7.11 Å². The Morgan fingerprint density at radius 1 is 1.64 bits per heavy atom. The molecule has 11 heavy (non-hydrogen) atoms. The van der Waals surface area contributed by atoms with E-state index in [2.05, 4.69) is 10.2 Å². The lowest BCUT2D eigenvalue weighted by atomic mass is 10.3. The number of nitrogens with zero attached hydrogens (tertiary/aromatic N) is 2. The molecule has 1 aromatic heterocycles. The average Bonchev–Trinajstić information content (AvgIpc) is 2.04. The topological polar surface area (TPSA) is 61.0 Å². The molecule has 1 aromatic rings. The van der Waals surface area contributed by atoms with Crippen LogP contribution < -0.4 is 10.5 Å². The van der Waals surface area contributed by atoms with Gasteiger partial charge in [-0.1, -0.05) is 11.6 Å². The van der Waals surface area contributed by atoms with Gasteiger partial charge in [0.15, 0.2) is 5.15 Å². The SMILES string of the molecule is COc1nnc(Cl)cc1CN. The van der Waals surface area contributed by atoms with Gasteiger partial charge in [-0.25, -0.2) is 0 Å². The van der Waals surface area contributed by atoms with Crippen LogP contribution in [0.2, 0.25) is 5.15 Å². The monoisotopic (exact) mass is 173 g/mol. The highest BCUT2D eigenvalue weighted by Gasteiger charge is 2.03. The van der Waals surface area contributed by atoms with Crippen molar-refractivity contribution in [2.24, 2.45) is 5.73 Å². The number of ether oxygens (including phenoxy) is 1. The minimum Gasteiger partial charge on any atom is -0.480 e. The summed E-state index contributed by atoms with van der Waals surface area (Å²) in [4.78, 5) is 0. The summed E-state index contributed by atoms with van der Waals surface area (Å²) in [5, 5.41) is 7.60. The first-order valence-electron chi connectivity index (χ1n) is 3.04. The third-order valence-electron chi connectivity index (χ3n) is 1.22. The molecule has 0 amide bonds. The summed E-state index contributed by atoms with van der Waals surface area (Å²) < 4.78 is 4.88. The van der Waals surface area contributed by atoms with Crippen LogP contribution in [-0.4, -0.2) is 17.3 Å². The second-order valence-corrected chi connectivity index (χ2v) is 2.29. The van der Waals surface area contributed by atoms with E-state index in [1.807, 2.05) is 0 Å². The third kappa shape index (κ3) is 1.78. The van der Waals surface area contributed by atoms with Crippen molar-refractivity contribution in [1.82, 2.24) is 10.2 Å². The first kappa shape index (κ1) is 8.23. The van der Waals surface area contributed by atoms with Gasteiger partial charge in [-0.05, 0) is 6.07 Å². The maximum Gasteiger partial charge on any atom is 0.237 e. The molecular weight excluding hydrogens is 166 g/mol. The van der Waals surface area contributed by atoms with Crippen LogP contribution >= 0.6 is 11.6 Å². The van der Waals surface area contributed by atoms with Crippen molar-refractivity contribution >= 4 is 11.6 Å². The lowest BCUT2D eigenvalue weighted by Crippen LogP contribution is -2.02. The number of hydrogen-bond acceptors (Lipinski definition) is 4. The van der Waals surface area contributed by atoms with Crippen LogP contribution in [0.3, 0.4) is 0 Å². The standard InChI is InChI=1S/C6H8ClN3O/c1-11-6-4(3-8)2-5(7)9-10-6/h2H,3,8H2,1H3. The lowest BCUT2D eigenvalue weighted by molar-refractivity contribution is 0.386. The van der Waals surface area contributed by atoms with Crippen LogP contribution in [0.15, 0.2) is 6.07 Å². The predicted molar refractivity (Wildman–Crippen MR) is 41.5 cm³/mol. The third-order valence-corrected chi connectivity index (χ3v) is 1.40. The Morgan fingerprint density at radius 3 is 2.91 bits per heavy atom. The molecule has 0 aliphatic heterocycles. The van der Waals surface area contributed by atoms with E-state index in [0.717, 1.165) is 5.56 Å². The number of aromatic nitrogens is 2. The van der Waals surface area contributed by atoms with Crippen LogP contribution in [-0.2, 0) is 6.54 Å². The summed E-state index contributed by atoms with van der Waals surface area (Å²) in [7, 11) is 1.51. The van der Waals surface area contributed by atoms with E-state index in [1.54, 1.807) is 6.07 Å². The van der Waals surface area contributed by atoms with Crippen LogP contribution in [0.25, 0.3) is 0 Å². The molecular formula is C6H8ClN3O. The molecule has 0 aliphatic rings. The molecule has 0 radical (unpaired) electrons. The van der Waals surface area contributed by atoms with Crippen molar-refractivity contribution < 1.29 is 4.74 Å². The molecule has 1 rings (SSSR count). The zero-order chi connectivity index (χ0) is 8.27. The highest BCUT2D eigenvalue weighted by molar-refractivity contribution is 6.29. The number of nitrogens with two attached hydrogens (primary N) is 1. The Bertz CT molecular complexity index is 254. The number of halogens is 1. The van der Waals surface area contributed by atoms with E-state index in [1.165, 1.54) is 7.11 Å². The first-order chi connectivity index (χ1) is 5.27. The summed E-state index contributed by atoms with van der Waals surface area (Å²) in [6.45, 7) is 0.346. The molecule has 0 spiro atoms. The van der Waals surface area contributed by atoms with E-state index >= 15 is 0 Å². The molecule has 0 saturated heterocycles. The van der Waals surface area contributed by atoms with Gasteiger partial charge >= 0.3 is 0 Å². The molecule has 0 aromatic carbocycles. The van der Waals surface area contributed by atoms with Crippen molar-refractivity contribution in [2.45, 2.75) is 6.54 Å². The van der Waals surface area contributed by atoms with E-state index in [-0.39, 0.29) is 0 Å². The summed E-state index contributed by atoms with van der Waals surface area (Å²) in [6, 6.07) is 1.63.